The summed E-state index contributed by atoms with van der Waals surface area (Å²) in [5.41, 5.74) is 4.65. The van der Waals surface area contributed by atoms with Gasteiger partial charge in [-0.3, -0.25) is 9.67 Å². The topological polar surface area (TPSA) is 114 Å². The van der Waals surface area contributed by atoms with Crippen molar-refractivity contribution < 1.29 is 4.74 Å². The monoisotopic (exact) mass is 428 g/mol. The van der Waals surface area contributed by atoms with Crippen LogP contribution < -0.4 is 15.4 Å². The number of hydrogen-bond donors (Lipinski definition) is 3. The van der Waals surface area contributed by atoms with Gasteiger partial charge in [-0.15, -0.1) is 0 Å². The van der Waals surface area contributed by atoms with Crippen molar-refractivity contribution in [3.63, 3.8) is 0 Å². The molecule has 0 saturated heterocycles. The van der Waals surface area contributed by atoms with E-state index in [0.717, 1.165) is 22.2 Å². The number of hydrogen-bond acceptors (Lipinski definition) is 8. The van der Waals surface area contributed by atoms with Crippen molar-refractivity contribution in [3.8, 4) is 16.9 Å². The number of ether oxygens (including phenoxy) is 1. The maximum atomic E-state index is 7.72. The van der Waals surface area contributed by atoms with Gasteiger partial charge in [0.25, 0.3) is 0 Å². The van der Waals surface area contributed by atoms with Crippen molar-refractivity contribution in [1.29, 1.82) is 5.41 Å². The highest BCUT2D eigenvalue weighted by Gasteiger charge is 2.12. The summed E-state index contributed by atoms with van der Waals surface area (Å²) in [6, 6.07) is 7.76. The van der Waals surface area contributed by atoms with Gasteiger partial charge in [-0.25, -0.2) is 9.97 Å². The summed E-state index contributed by atoms with van der Waals surface area (Å²) >= 11 is 0. The lowest BCUT2D eigenvalue weighted by Crippen LogP contribution is -2.04. The number of aromatic nitrogens is 5. The summed E-state index contributed by atoms with van der Waals surface area (Å²) in [5.74, 6) is 1.11. The van der Waals surface area contributed by atoms with Crippen LogP contribution in [0.25, 0.3) is 27.6 Å². The highest BCUT2D eigenvalue weighted by molar-refractivity contribution is 6.11. The van der Waals surface area contributed by atoms with Crippen molar-refractivity contribution >= 4 is 34.3 Å². The third kappa shape index (κ3) is 4.27. The number of nitrogens with one attached hydrogen (secondary N) is 3. The Morgan fingerprint density at radius 3 is 2.78 bits per heavy atom. The van der Waals surface area contributed by atoms with Gasteiger partial charge >= 0.3 is 0 Å². The van der Waals surface area contributed by atoms with Crippen LogP contribution in [0.1, 0.15) is 12.6 Å². The Bertz CT molecular complexity index is 1290. The molecule has 4 rings (SSSR count). The fourth-order valence-corrected chi connectivity index (χ4v) is 3.33. The summed E-state index contributed by atoms with van der Waals surface area (Å²) in [6.45, 7) is 2.47. The molecule has 32 heavy (non-hydrogen) atoms. The van der Waals surface area contributed by atoms with Gasteiger partial charge in [-0.05, 0) is 30.7 Å². The molecule has 0 radical (unpaired) electrons. The Hall–Kier alpha value is -4.27. The second-order valence-electron chi connectivity index (χ2n) is 7.00. The largest absolute Gasteiger partial charge is 0.492 e. The normalized spacial score (nSPS) is 11.4. The average molecular weight is 429 g/mol. The Morgan fingerprint density at radius 1 is 1.19 bits per heavy atom. The first-order valence-corrected chi connectivity index (χ1v) is 10.2. The van der Waals surface area contributed by atoms with Crippen LogP contribution in [0.5, 0.6) is 5.75 Å². The molecule has 0 fully saturated rings. The zero-order valence-corrected chi connectivity index (χ0v) is 18.1. The number of allylic oxidation sites excluding steroid dienone is 1. The molecule has 162 valence electrons. The van der Waals surface area contributed by atoms with E-state index in [1.54, 1.807) is 30.3 Å². The summed E-state index contributed by atoms with van der Waals surface area (Å²) < 4.78 is 7.64. The SMILES string of the molecule is CCOc1cc(-c2cnn(C)c2)ccc1Nc1ncc2ccnc(/C(C=N)=C/NC)c2n1. The minimum absolute atomic E-state index is 0.413. The van der Waals surface area contributed by atoms with Crippen LogP contribution in [0, 0.1) is 5.41 Å². The molecule has 1 aromatic carbocycles. The molecule has 3 N–H and O–H groups in total. The van der Waals surface area contributed by atoms with Gasteiger partial charge in [0.1, 0.15) is 11.3 Å². The van der Waals surface area contributed by atoms with E-state index < -0.39 is 0 Å². The van der Waals surface area contributed by atoms with E-state index >= 15 is 0 Å². The number of aryl methyl sites for hydroxylation is 1. The van der Waals surface area contributed by atoms with Crippen LogP contribution in [-0.2, 0) is 7.05 Å². The summed E-state index contributed by atoms with van der Waals surface area (Å²) in [6.07, 6.45) is 10.2. The van der Waals surface area contributed by atoms with E-state index in [-0.39, 0.29) is 0 Å². The van der Waals surface area contributed by atoms with Crippen molar-refractivity contribution in [2.24, 2.45) is 7.05 Å². The highest BCUT2D eigenvalue weighted by atomic mass is 16.5. The lowest BCUT2D eigenvalue weighted by molar-refractivity contribution is 0.342. The van der Waals surface area contributed by atoms with E-state index in [0.29, 0.717) is 35.1 Å². The van der Waals surface area contributed by atoms with Crippen LogP contribution in [0.15, 0.2) is 55.3 Å². The van der Waals surface area contributed by atoms with Crippen LogP contribution in [-0.4, -0.2) is 44.6 Å². The van der Waals surface area contributed by atoms with Crippen molar-refractivity contribution in [3.05, 3.63) is 60.9 Å². The number of anilines is 2. The second-order valence-corrected chi connectivity index (χ2v) is 7.00. The molecule has 0 saturated carbocycles. The first kappa shape index (κ1) is 21.0. The minimum Gasteiger partial charge on any atom is -0.492 e. The van der Waals surface area contributed by atoms with Crippen LogP contribution in [0.4, 0.5) is 11.6 Å². The maximum absolute atomic E-state index is 7.72. The Morgan fingerprint density at radius 2 is 2.06 bits per heavy atom. The van der Waals surface area contributed by atoms with Gasteiger partial charge in [0.2, 0.25) is 5.95 Å². The molecule has 0 aliphatic rings. The van der Waals surface area contributed by atoms with Gasteiger partial charge in [0, 0.05) is 61.6 Å². The second kappa shape index (κ2) is 9.25. The third-order valence-corrected chi connectivity index (χ3v) is 4.79. The molecule has 0 unspecified atom stereocenters. The number of pyridine rings is 1. The zero-order valence-electron chi connectivity index (χ0n) is 18.1. The van der Waals surface area contributed by atoms with E-state index in [9.17, 15) is 0 Å². The van der Waals surface area contributed by atoms with Gasteiger partial charge in [-0.1, -0.05) is 6.07 Å². The van der Waals surface area contributed by atoms with E-state index in [1.807, 2.05) is 50.6 Å². The molecule has 0 aliphatic heterocycles. The molecule has 0 spiro atoms. The average Bonchev–Trinajstić information content (AvgIpc) is 3.25. The lowest BCUT2D eigenvalue weighted by Gasteiger charge is -2.13. The molecule has 9 heteroatoms. The Kier molecular flexibility index (Phi) is 6.07. The van der Waals surface area contributed by atoms with E-state index in [2.05, 4.69) is 30.7 Å². The predicted molar refractivity (Wildman–Crippen MR) is 126 cm³/mol. The lowest BCUT2D eigenvalue weighted by atomic mass is 10.1. The summed E-state index contributed by atoms with van der Waals surface area (Å²) in [7, 11) is 3.67. The Balaban J connectivity index is 1.72. The van der Waals surface area contributed by atoms with Crippen molar-refractivity contribution in [2.75, 3.05) is 19.0 Å². The van der Waals surface area contributed by atoms with Gasteiger partial charge in [-0.2, -0.15) is 5.10 Å². The van der Waals surface area contributed by atoms with Gasteiger partial charge in [0.05, 0.1) is 24.2 Å². The summed E-state index contributed by atoms with van der Waals surface area (Å²) in [4.78, 5) is 13.6. The zero-order chi connectivity index (χ0) is 22.5. The first-order valence-electron chi connectivity index (χ1n) is 10.2. The van der Waals surface area contributed by atoms with Crippen molar-refractivity contribution in [1.82, 2.24) is 30.0 Å². The quantitative estimate of drug-likeness (QED) is 0.366. The molecule has 4 aromatic rings. The molecule has 0 bridgehead atoms. The minimum atomic E-state index is 0.413. The number of nitrogens with zero attached hydrogens (tertiary/aromatic N) is 5. The van der Waals surface area contributed by atoms with Crippen LogP contribution in [0.2, 0.25) is 0 Å². The maximum Gasteiger partial charge on any atom is 0.227 e. The molecule has 0 aliphatic carbocycles. The predicted octanol–water partition coefficient (Wildman–Crippen LogP) is 3.78. The number of rotatable bonds is 8. The van der Waals surface area contributed by atoms with Gasteiger partial charge in [0.15, 0.2) is 0 Å². The van der Waals surface area contributed by atoms with Gasteiger partial charge < -0.3 is 20.8 Å². The first-order chi connectivity index (χ1) is 15.6. The number of fused-ring (bicyclic) bond motifs is 1. The molecule has 0 atom stereocenters. The third-order valence-electron chi connectivity index (χ3n) is 4.79. The molecule has 3 heterocycles. The van der Waals surface area contributed by atoms with E-state index in [4.69, 9.17) is 10.1 Å². The molecule has 9 nitrogen and oxygen atoms in total. The number of benzene rings is 1. The fourth-order valence-electron chi connectivity index (χ4n) is 3.33. The molecule has 0 amide bonds. The molecular formula is C23H24N8O. The van der Waals surface area contributed by atoms with E-state index in [1.165, 1.54) is 6.21 Å². The van der Waals surface area contributed by atoms with Crippen LogP contribution in [0.3, 0.4) is 0 Å². The highest BCUT2D eigenvalue weighted by Crippen LogP contribution is 2.32. The van der Waals surface area contributed by atoms with Crippen molar-refractivity contribution in [2.45, 2.75) is 6.92 Å². The fraction of sp³-hybridized carbons (Fsp3) is 0.174. The molecular weight excluding hydrogens is 404 g/mol. The smallest absolute Gasteiger partial charge is 0.227 e. The standard InChI is InChI=1S/C23H24N8O/c1-4-32-20-9-15(18-13-28-31(3)14-18)5-6-19(20)29-23-27-12-16-7-8-26-21(22(16)30-23)17(10-24)11-25-2/h5-14,24-25H,4H2,1-3H3,(H,27,29,30)/b17-11+,24-10?. The summed E-state index contributed by atoms with van der Waals surface area (Å²) in [5, 5.41) is 19.0. The van der Waals surface area contributed by atoms with Crippen LogP contribution >= 0.6 is 0 Å². The molecule has 3 aromatic heterocycles. The Labute approximate surface area is 185 Å².